The number of hydrogen-bond donors (Lipinski definition) is 2. The third-order valence-corrected chi connectivity index (χ3v) is 14.6. The number of fused-ring (bicyclic) bond motifs is 2. The highest BCUT2D eigenvalue weighted by molar-refractivity contribution is 5.02. The lowest BCUT2D eigenvalue weighted by atomic mass is 9.64. The molecule has 0 radical (unpaired) electrons. The van der Waals surface area contributed by atoms with Crippen molar-refractivity contribution in [2.45, 2.75) is 151 Å². The van der Waals surface area contributed by atoms with Crippen LogP contribution in [0.4, 0.5) is 0 Å². The summed E-state index contributed by atoms with van der Waals surface area (Å²) in [4.78, 5) is 4.30. The van der Waals surface area contributed by atoms with E-state index in [4.69, 9.17) is 23.7 Å². The Balaban J connectivity index is 1.23. The first-order chi connectivity index (χ1) is 21.9. The first-order valence-electron chi connectivity index (χ1n) is 19.0. The molecule has 15 atom stereocenters. The highest BCUT2D eigenvalue weighted by Gasteiger charge is 2.55. The van der Waals surface area contributed by atoms with Gasteiger partial charge in [0.1, 0.15) is 6.10 Å². The van der Waals surface area contributed by atoms with E-state index >= 15 is 0 Å². The summed E-state index contributed by atoms with van der Waals surface area (Å²) < 4.78 is 32.7. The van der Waals surface area contributed by atoms with Crippen molar-refractivity contribution in [1.29, 1.82) is 0 Å². The number of methoxy groups -OCH3 is 3. The van der Waals surface area contributed by atoms with Crippen LogP contribution in [0.25, 0.3) is 0 Å². The van der Waals surface area contributed by atoms with Gasteiger partial charge >= 0.3 is 0 Å². The maximum Gasteiger partial charge on any atom is 0.107 e. The van der Waals surface area contributed by atoms with Crippen LogP contribution in [0.15, 0.2) is 0 Å². The summed E-state index contributed by atoms with van der Waals surface area (Å²) >= 11 is 0. The molecule has 4 saturated carbocycles. The largest absolute Gasteiger partial charge is 0.388 e. The lowest BCUT2D eigenvalue weighted by molar-refractivity contribution is -0.919. The second-order valence-corrected chi connectivity index (χ2v) is 16.7. The molecule has 45 heavy (non-hydrogen) atoms. The number of hydrogen-bond acceptors (Lipinski definition) is 7. The second-order valence-electron chi connectivity index (χ2n) is 16.7. The quantitative estimate of drug-likeness (QED) is 0.494. The number of ether oxygens (including phenoxy) is 5. The van der Waals surface area contributed by atoms with Crippen LogP contribution in [0.1, 0.15) is 89.9 Å². The number of quaternary nitrogens is 1. The third-order valence-electron chi connectivity index (χ3n) is 14.6. The zero-order valence-corrected chi connectivity index (χ0v) is 29.0. The summed E-state index contributed by atoms with van der Waals surface area (Å²) in [5.41, 5.74) is 0. The molecule has 8 fully saturated rings. The van der Waals surface area contributed by atoms with Crippen molar-refractivity contribution in [2.24, 2.45) is 35.5 Å². The van der Waals surface area contributed by atoms with Gasteiger partial charge in [-0.2, -0.15) is 0 Å². The molecule has 2 N–H and O–H groups in total. The van der Waals surface area contributed by atoms with Gasteiger partial charge in [0.2, 0.25) is 0 Å². The van der Waals surface area contributed by atoms with Gasteiger partial charge in [0.25, 0.3) is 0 Å². The molecule has 8 rings (SSSR count). The molecule has 4 aliphatic heterocycles. The number of nitrogens with zero attached hydrogens (tertiary/aromatic N) is 1. The molecule has 258 valence electrons. The van der Waals surface area contributed by atoms with E-state index in [1.54, 1.807) is 12.0 Å². The Morgan fingerprint density at radius 3 is 2.16 bits per heavy atom. The Morgan fingerprint density at radius 2 is 1.40 bits per heavy atom. The fraction of sp³-hybridized carbons (Fsp3) is 1.00. The van der Waals surface area contributed by atoms with E-state index in [1.807, 2.05) is 14.2 Å². The molecule has 4 saturated heterocycles. The minimum Gasteiger partial charge on any atom is -0.388 e. The number of piperidine rings is 2. The molecule has 0 aromatic carbocycles. The molecule has 0 spiro atoms. The summed E-state index contributed by atoms with van der Waals surface area (Å²) in [6.45, 7) is 2.37. The molecule has 4 heterocycles. The highest BCUT2D eigenvalue weighted by atomic mass is 16.6. The monoisotopic (exact) mass is 633 g/mol. The Kier molecular flexibility index (Phi) is 10.5. The Hall–Kier alpha value is -0.320. The Bertz CT molecular complexity index is 963. The van der Waals surface area contributed by atoms with Crippen molar-refractivity contribution >= 4 is 0 Å². The van der Waals surface area contributed by atoms with Crippen LogP contribution in [-0.4, -0.2) is 119 Å². The van der Waals surface area contributed by atoms with E-state index in [0.29, 0.717) is 47.8 Å². The van der Waals surface area contributed by atoms with Crippen molar-refractivity contribution in [3.63, 3.8) is 0 Å². The predicted octanol–water partition coefficient (Wildman–Crippen LogP) is 3.34. The third kappa shape index (κ3) is 6.67. The molecule has 4 aliphatic carbocycles. The fourth-order valence-electron chi connectivity index (χ4n) is 12.0. The van der Waals surface area contributed by atoms with Gasteiger partial charge in [-0.15, -0.1) is 0 Å². The maximum atomic E-state index is 12.0. The first kappa shape index (κ1) is 33.2. The molecule has 8 aliphatic rings. The minimum atomic E-state index is -0.605. The number of aliphatic hydroxyl groups excluding tert-OH is 1. The van der Waals surface area contributed by atoms with Crippen molar-refractivity contribution in [1.82, 2.24) is 4.90 Å². The summed E-state index contributed by atoms with van der Waals surface area (Å²) in [5, 5.41) is 12.0. The van der Waals surface area contributed by atoms with Crippen LogP contribution in [0, 0.1) is 35.5 Å². The normalized spacial score (nSPS) is 52.8. The fourth-order valence-corrected chi connectivity index (χ4v) is 12.0. The van der Waals surface area contributed by atoms with Crippen LogP contribution in [-0.2, 0) is 23.7 Å². The number of rotatable bonds is 3. The molecule has 8 heteroatoms. The van der Waals surface area contributed by atoms with Gasteiger partial charge in [-0.25, -0.2) is 0 Å². The summed E-state index contributed by atoms with van der Waals surface area (Å²) in [6, 6.07) is 1.06. The summed E-state index contributed by atoms with van der Waals surface area (Å²) in [6.07, 6.45) is 16.2. The molecule has 0 aromatic heterocycles. The van der Waals surface area contributed by atoms with Crippen molar-refractivity contribution < 1.29 is 33.7 Å². The van der Waals surface area contributed by atoms with E-state index in [1.165, 1.54) is 70.9 Å². The van der Waals surface area contributed by atoms with Crippen LogP contribution in [0.5, 0.6) is 0 Å². The molecular weight excluding hydrogens is 568 g/mol. The van der Waals surface area contributed by atoms with Crippen LogP contribution in [0.2, 0.25) is 0 Å². The van der Waals surface area contributed by atoms with Gasteiger partial charge in [-0.3, -0.25) is 0 Å². The van der Waals surface area contributed by atoms with Gasteiger partial charge in [0.15, 0.2) is 0 Å². The van der Waals surface area contributed by atoms with Crippen LogP contribution >= 0.6 is 0 Å². The average Bonchev–Trinajstić information content (AvgIpc) is 3.05. The van der Waals surface area contributed by atoms with Gasteiger partial charge < -0.3 is 38.6 Å². The first-order valence-corrected chi connectivity index (χ1v) is 19.0. The van der Waals surface area contributed by atoms with Crippen molar-refractivity contribution in [3.8, 4) is 0 Å². The van der Waals surface area contributed by atoms with Gasteiger partial charge in [-0.05, 0) is 120 Å². The van der Waals surface area contributed by atoms with Crippen molar-refractivity contribution in [2.75, 3.05) is 48.5 Å². The lowest BCUT2D eigenvalue weighted by Crippen LogP contribution is -3.15. The van der Waals surface area contributed by atoms with E-state index in [2.05, 4.69) is 19.0 Å². The van der Waals surface area contributed by atoms with E-state index < -0.39 is 6.10 Å². The summed E-state index contributed by atoms with van der Waals surface area (Å²) in [7, 11) is 10.3. The standard InChI is InChI=1S/C37H64N2O6/c1-38-14-12-24-19-31(42-4)33-21-27(24)28(38)16-22-6-9-26(10-7-22)44-32-18-23(8-11-30(32)41-3)17-29-35-25(13-15-39(29)2)20-34(43-5)36(40)37(35)45-33/h22-37,40H,6-21H2,1-5H3/p+1/t22?,23?,24?,25?,26?,27?,28-,29?,30?,31?,32?,33?,34?,35?,36?,37?/m0/s1. The minimum absolute atomic E-state index is 0.0218. The number of aliphatic hydroxyl groups is 1. The number of likely N-dealkylation sites (tertiary alicyclic amines) is 2. The van der Waals surface area contributed by atoms with Gasteiger partial charge in [-0.1, -0.05) is 0 Å². The highest BCUT2D eigenvalue weighted by Crippen LogP contribution is 2.48. The van der Waals surface area contributed by atoms with E-state index in [0.717, 1.165) is 38.0 Å². The summed E-state index contributed by atoms with van der Waals surface area (Å²) in [5.74, 6) is 3.56. The maximum absolute atomic E-state index is 12.0. The van der Waals surface area contributed by atoms with E-state index in [9.17, 15) is 5.11 Å². The van der Waals surface area contributed by atoms with Gasteiger partial charge in [0.05, 0.1) is 62.4 Å². The van der Waals surface area contributed by atoms with Crippen LogP contribution < -0.4 is 4.90 Å². The van der Waals surface area contributed by atoms with E-state index in [-0.39, 0.29) is 36.6 Å². The second kappa shape index (κ2) is 14.3. The Morgan fingerprint density at radius 1 is 0.689 bits per heavy atom. The molecule has 6 bridgehead atoms. The number of nitrogens with one attached hydrogen (secondary N) is 1. The Labute approximate surface area is 273 Å². The topological polar surface area (TPSA) is 74.1 Å². The molecule has 8 nitrogen and oxygen atoms in total. The molecule has 0 aromatic rings. The average molecular weight is 634 g/mol. The SMILES string of the molecule is COC1CCC2CC1OC1CCC(CC1)C[C@H]1C3CC(OC4C(O)C(OC)CC5CC[NH+](C)C(C2)C54)C(OC)CC3CCN1C. The van der Waals surface area contributed by atoms with Gasteiger partial charge in [0, 0.05) is 46.1 Å². The molecular formula is C37H65N2O6+. The molecule has 0 amide bonds. The zero-order chi connectivity index (χ0) is 31.2. The zero-order valence-electron chi connectivity index (χ0n) is 29.0. The predicted molar refractivity (Wildman–Crippen MR) is 173 cm³/mol. The molecule has 14 unspecified atom stereocenters. The van der Waals surface area contributed by atoms with Crippen molar-refractivity contribution in [3.05, 3.63) is 0 Å². The smallest absolute Gasteiger partial charge is 0.107 e. The van der Waals surface area contributed by atoms with Crippen LogP contribution in [0.3, 0.4) is 0 Å². The lowest BCUT2D eigenvalue weighted by Gasteiger charge is -2.55.